The molecule has 0 radical (unpaired) electrons. The molecule has 0 saturated heterocycles. The molecular weight excluding hydrogens is 741 g/mol. The zero-order valence-corrected chi connectivity index (χ0v) is 31.8. The first-order valence-electron chi connectivity index (χ1n) is 19.9. The highest BCUT2D eigenvalue weighted by molar-refractivity contribution is 6.14. The maximum atomic E-state index is 6.61. The lowest BCUT2D eigenvalue weighted by Crippen LogP contribution is -1.94. The molecule has 0 fully saturated rings. The molecule has 0 aliphatic carbocycles. The van der Waals surface area contributed by atoms with Crippen LogP contribution in [0.25, 0.3) is 128 Å². The van der Waals surface area contributed by atoms with Crippen LogP contribution in [0.4, 0.5) is 0 Å². The molecular formula is C53H30N4O3. The number of fused-ring (bicyclic) bond motifs is 9. The minimum atomic E-state index is 0.561. The van der Waals surface area contributed by atoms with Crippen LogP contribution in [0.15, 0.2) is 195 Å². The number of hydrogen-bond acceptors (Lipinski definition) is 6. The largest absolute Gasteiger partial charge is 0.436 e. The van der Waals surface area contributed by atoms with Gasteiger partial charge in [-0.1, -0.05) is 78.9 Å². The van der Waals surface area contributed by atoms with Crippen molar-refractivity contribution in [2.75, 3.05) is 0 Å². The van der Waals surface area contributed by atoms with E-state index in [1.54, 1.807) is 0 Å². The summed E-state index contributed by atoms with van der Waals surface area (Å²) in [7, 11) is 0. The fourth-order valence-corrected chi connectivity index (χ4v) is 8.82. The third-order valence-corrected chi connectivity index (χ3v) is 11.7. The molecule has 0 aliphatic heterocycles. The number of rotatable bonds is 5. The second-order valence-electron chi connectivity index (χ2n) is 15.2. The van der Waals surface area contributed by atoms with Crippen molar-refractivity contribution in [1.82, 2.24) is 19.5 Å². The van der Waals surface area contributed by atoms with Gasteiger partial charge in [0.1, 0.15) is 16.6 Å². The van der Waals surface area contributed by atoms with Gasteiger partial charge < -0.3 is 17.8 Å². The molecule has 0 saturated carbocycles. The van der Waals surface area contributed by atoms with Gasteiger partial charge in [-0.3, -0.25) is 0 Å². The Labute approximate surface area is 341 Å². The molecule has 4 aromatic heterocycles. The second kappa shape index (κ2) is 12.6. The number of oxazole rings is 3. The SMILES string of the molecule is c1ccc2c(c1)cc(-c1ccc3nc(-c4ccc5c(c4)c4cc(-c6nc7ccccc7o6)ccc4n5-c4ccc(-c5nc6ccccc6o5)cc4)oc3c1)c1ccccc12. The van der Waals surface area contributed by atoms with E-state index in [9.17, 15) is 0 Å². The van der Waals surface area contributed by atoms with Crippen LogP contribution in [-0.4, -0.2) is 19.5 Å². The van der Waals surface area contributed by atoms with E-state index in [-0.39, 0.29) is 0 Å². The lowest BCUT2D eigenvalue weighted by molar-refractivity contribution is 0.619. The van der Waals surface area contributed by atoms with Gasteiger partial charge in [-0.2, -0.15) is 0 Å². The Balaban J connectivity index is 0.949. The molecule has 280 valence electrons. The van der Waals surface area contributed by atoms with Crippen molar-refractivity contribution in [3.05, 3.63) is 182 Å². The van der Waals surface area contributed by atoms with Gasteiger partial charge in [-0.25, -0.2) is 15.0 Å². The third-order valence-electron chi connectivity index (χ3n) is 11.7. The number of nitrogens with zero attached hydrogens (tertiary/aromatic N) is 4. The molecule has 60 heavy (non-hydrogen) atoms. The first kappa shape index (κ1) is 32.8. The van der Waals surface area contributed by atoms with Gasteiger partial charge in [0.15, 0.2) is 16.7 Å². The highest BCUT2D eigenvalue weighted by Gasteiger charge is 2.19. The van der Waals surface area contributed by atoms with Crippen molar-refractivity contribution in [3.8, 4) is 51.2 Å². The average Bonchev–Trinajstić information content (AvgIpc) is 4.11. The van der Waals surface area contributed by atoms with Gasteiger partial charge in [0.2, 0.25) is 17.7 Å². The predicted molar refractivity (Wildman–Crippen MR) is 240 cm³/mol. The zero-order valence-electron chi connectivity index (χ0n) is 31.8. The lowest BCUT2D eigenvalue weighted by Gasteiger charge is -2.10. The molecule has 0 spiro atoms. The van der Waals surface area contributed by atoms with Crippen molar-refractivity contribution < 1.29 is 13.3 Å². The van der Waals surface area contributed by atoms with Crippen LogP contribution in [-0.2, 0) is 0 Å². The summed E-state index contributed by atoms with van der Waals surface area (Å²) in [5.74, 6) is 1.73. The van der Waals surface area contributed by atoms with Gasteiger partial charge in [-0.05, 0) is 136 Å². The summed E-state index contributed by atoms with van der Waals surface area (Å²) in [6.07, 6.45) is 0. The summed E-state index contributed by atoms with van der Waals surface area (Å²) < 4.78 is 21.2. The van der Waals surface area contributed by atoms with Gasteiger partial charge >= 0.3 is 0 Å². The fourth-order valence-electron chi connectivity index (χ4n) is 8.82. The van der Waals surface area contributed by atoms with Crippen LogP contribution in [0.3, 0.4) is 0 Å². The van der Waals surface area contributed by atoms with Crippen molar-refractivity contribution in [1.29, 1.82) is 0 Å². The Hall–Kier alpha value is -8.29. The van der Waals surface area contributed by atoms with E-state index < -0.39 is 0 Å². The molecule has 13 rings (SSSR count). The standard InChI is InChI=1S/C53H30N4O3/c1-2-10-37-32(9-1)27-40(39-12-4-3-11-38(37)39)33-19-24-45-50(30-33)60-53(56-45)35-21-26-47-42(29-35)41-28-34(52-55-44-14-6-8-16-49(44)59-52)20-25-46(41)57(47)36-22-17-31(18-23-36)51-54-43-13-5-7-15-48(43)58-51/h1-30H. The second-order valence-corrected chi connectivity index (χ2v) is 15.2. The first-order valence-corrected chi connectivity index (χ1v) is 19.9. The number of para-hydroxylation sites is 4. The molecule has 7 nitrogen and oxygen atoms in total. The predicted octanol–water partition coefficient (Wildman–Crippen LogP) is 14.2. The van der Waals surface area contributed by atoms with E-state index in [2.05, 4.69) is 138 Å². The van der Waals surface area contributed by atoms with Crippen molar-refractivity contribution in [2.45, 2.75) is 0 Å². The molecule has 9 aromatic carbocycles. The van der Waals surface area contributed by atoms with E-state index in [1.165, 1.54) is 21.5 Å². The van der Waals surface area contributed by atoms with Crippen LogP contribution in [0.5, 0.6) is 0 Å². The highest BCUT2D eigenvalue weighted by Crippen LogP contribution is 2.40. The van der Waals surface area contributed by atoms with Crippen LogP contribution in [0.2, 0.25) is 0 Å². The van der Waals surface area contributed by atoms with E-state index in [0.717, 1.165) is 88.6 Å². The van der Waals surface area contributed by atoms with Crippen LogP contribution in [0.1, 0.15) is 0 Å². The molecule has 0 amide bonds. The first-order chi connectivity index (χ1) is 29.7. The molecule has 13 aromatic rings. The molecule has 0 bridgehead atoms. The molecule has 0 aliphatic rings. The van der Waals surface area contributed by atoms with Crippen LogP contribution in [0, 0.1) is 0 Å². The minimum absolute atomic E-state index is 0.561. The van der Waals surface area contributed by atoms with Crippen molar-refractivity contribution in [3.63, 3.8) is 0 Å². The molecule has 0 N–H and O–H groups in total. The maximum Gasteiger partial charge on any atom is 0.227 e. The fraction of sp³-hybridized carbons (Fsp3) is 0. The number of benzene rings is 9. The van der Waals surface area contributed by atoms with Crippen LogP contribution < -0.4 is 0 Å². The highest BCUT2D eigenvalue weighted by atomic mass is 16.4. The summed E-state index contributed by atoms with van der Waals surface area (Å²) in [5, 5.41) is 6.99. The summed E-state index contributed by atoms with van der Waals surface area (Å²) in [4.78, 5) is 14.6. The van der Waals surface area contributed by atoms with Crippen molar-refractivity contribution in [2.24, 2.45) is 0 Å². The molecule has 0 unspecified atom stereocenters. The molecule has 4 heterocycles. The monoisotopic (exact) mass is 770 g/mol. The van der Waals surface area contributed by atoms with Gasteiger partial charge in [-0.15, -0.1) is 0 Å². The summed E-state index contributed by atoms with van der Waals surface area (Å²) in [6, 6.07) is 62.6. The minimum Gasteiger partial charge on any atom is -0.436 e. The van der Waals surface area contributed by atoms with E-state index in [0.29, 0.717) is 17.7 Å². The third kappa shape index (κ3) is 5.06. The zero-order chi connectivity index (χ0) is 39.3. The smallest absolute Gasteiger partial charge is 0.227 e. The van der Waals surface area contributed by atoms with Gasteiger partial charge in [0.25, 0.3) is 0 Å². The maximum absolute atomic E-state index is 6.61. The van der Waals surface area contributed by atoms with E-state index in [1.807, 2.05) is 48.5 Å². The topological polar surface area (TPSA) is 83.0 Å². The quantitative estimate of drug-likeness (QED) is 0.162. The summed E-state index contributed by atoms with van der Waals surface area (Å²) in [5.41, 5.74) is 12.7. The molecule has 7 heteroatoms. The number of aromatic nitrogens is 4. The Kier molecular flexibility index (Phi) is 6.88. The van der Waals surface area contributed by atoms with E-state index >= 15 is 0 Å². The Bertz CT molecular complexity index is 3780. The Morgan fingerprint density at radius 1 is 0.333 bits per heavy atom. The van der Waals surface area contributed by atoms with Gasteiger partial charge in [0, 0.05) is 33.2 Å². The summed E-state index contributed by atoms with van der Waals surface area (Å²) in [6.45, 7) is 0. The van der Waals surface area contributed by atoms with E-state index in [4.69, 9.17) is 28.2 Å². The summed E-state index contributed by atoms with van der Waals surface area (Å²) >= 11 is 0. The Morgan fingerprint density at radius 2 is 0.833 bits per heavy atom. The van der Waals surface area contributed by atoms with Crippen LogP contribution >= 0.6 is 0 Å². The van der Waals surface area contributed by atoms with Crippen molar-refractivity contribution >= 4 is 76.6 Å². The Morgan fingerprint density at radius 3 is 1.48 bits per heavy atom. The number of hydrogen-bond donors (Lipinski definition) is 0. The lowest BCUT2D eigenvalue weighted by atomic mass is 9.93. The molecule has 0 atom stereocenters. The van der Waals surface area contributed by atoms with Gasteiger partial charge in [0.05, 0.1) is 11.0 Å². The average molecular weight is 771 g/mol. The normalized spacial score (nSPS) is 12.0.